The first-order valence-electron chi connectivity index (χ1n) is 12.0. The number of hydrogen-bond donors (Lipinski definition) is 0. The molecule has 2 heterocycles. The van der Waals surface area contributed by atoms with Gasteiger partial charge in [0.05, 0.1) is 0 Å². The maximum absolute atomic E-state index is 5.95. The van der Waals surface area contributed by atoms with Crippen LogP contribution < -0.4 is 9.47 Å². The van der Waals surface area contributed by atoms with Crippen molar-refractivity contribution in [2.45, 2.75) is 44.9 Å². The molecule has 0 spiro atoms. The van der Waals surface area contributed by atoms with Gasteiger partial charge in [-0.2, -0.15) is 0 Å². The number of benzene rings is 4. The largest absolute Gasteiger partial charge is 0.457 e. The molecule has 2 aliphatic rings. The summed E-state index contributed by atoms with van der Waals surface area (Å²) in [6, 6.07) is 33.4. The summed E-state index contributed by atoms with van der Waals surface area (Å²) in [4.78, 5) is 0. The van der Waals surface area contributed by atoms with Gasteiger partial charge in [-0.1, -0.05) is 93.1 Å². The predicted molar refractivity (Wildman–Crippen MR) is 139 cm³/mol. The van der Waals surface area contributed by atoms with Crippen molar-refractivity contribution < 1.29 is 12.3 Å². The molecule has 2 heteroatoms. The SMILES string of the molecule is CCC1c2ccccc2Oc2ccccc21.CCCC1c2ccccc2Oc2ccccc21.[HH].[HH]. The number of para-hydroxylation sites is 4. The van der Waals surface area contributed by atoms with Gasteiger partial charge < -0.3 is 9.47 Å². The second-order valence-electron chi connectivity index (χ2n) is 8.66. The van der Waals surface area contributed by atoms with Crippen LogP contribution in [0.15, 0.2) is 97.1 Å². The topological polar surface area (TPSA) is 18.5 Å². The lowest BCUT2D eigenvalue weighted by atomic mass is 9.85. The first kappa shape index (κ1) is 21.3. The van der Waals surface area contributed by atoms with Gasteiger partial charge >= 0.3 is 0 Å². The minimum atomic E-state index is 0. The third-order valence-corrected chi connectivity index (χ3v) is 6.60. The van der Waals surface area contributed by atoms with Gasteiger partial charge in [0.25, 0.3) is 0 Å². The van der Waals surface area contributed by atoms with E-state index in [0.717, 1.165) is 29.4 Å². The molecular formula is C31H34O2. The predicted octanol–water partition coefficient (Wildman–Crippen LogP) is 9.55. The van der Waals surface area contributed by atoms with E-state index in [2.05, 4.69) is 74.5 Å². The van der Waals surface area contributed by atoms with Crippen LogP contribution in [0.5, 0.6) is 23.0 Å². The van der Waals surface area contributed by atoms with Crippen LogP contribution in [-0.4, -0.2) is 0 Å². The Balaban J connectivity index is 0.000000185. The molecule has 4 aromatic carbocycles. The van der Waals surface area contributed by atoms with Crippen LogP contribution in [-0.2, 0) is 0 Å². The molecule has 0 bridgehead atoms. The van der Waals surface area contributed by atoms with Crippen LogP contribution in [0, 0.1) is 0 Å². The molecule has 0 saturated heterocycles. The number of hydrogen-bond acceptors (Lipinski definition) is 2. The van der Waals surface area contributed by atoms with Gasteiger partial charge in [-0.3, -0.25) is 0 Å². The van der Waals surface area contributed by atoms with E-state index in [1.807, 2.05) is 36.4 Å². The zero-order valence-corrected chi connectivity index (χ0v) is 19.3. The van der Waals surface area contributed by atoms with Crippen LogP contribution in [0.4, 0.5) is 0 Å². The summed E-state index contributed by atoms with van der Waals surface area (Å²) in [6.07, 6.45) is 3.47. The minimum absolute atomic E-state index is 0. The van der Waals surface area contributed by atoms with E-state index in [1.54, 1.807) is 0 Å². The monoisotopic (exact) mass is 438 g/mol. The highest BCUT2D eigenvalue weighted by atomic mass is 16.5. The maximum atomic E-state index is 5.95. The highest BCUT2D eigenvalue weighted by Gasteiger charge is 2.26. The molecule has 4 aromatic rings. The fraction of sp³-hybridized carbons (Fsp3) is 0.226. The average Bonchev–Trinajstić information content (AvgIpc) is 2.87. The van der Waals surface area contributed by atoms with Gasteiger partial charge in [0.2, 0.25) is 0 Å². The number of rotatable bonds is 3. The zero-order valence-electron chi connectivity index (χ0n) is 19.3. The Morgan fingerprint density at radius 1 is 0.515 bits per heavy atom. The zero-order chi connectivity index (χ0) is 22.6. The molecule has 0 aliphatic carbocycles. The van der Waals surface area contributed by atoms with Crippen molar-refractivity contribution in [3.05, 3.63) is 119 Å². The normalized spacial score (nSPS) is 13.8. The molecule has 0 aromatic heterocycles. The van der Waals surface area contributed by atoms with Crippen molar-refractivity contribution in [1.82, 2.24) is 0 Å². The lowest BCUT2D eigenvalue weighted by molar-refractivity contribution is 0.440. The van der Waals surface area contributed by atoms with Gasteiger partial charge in [-0.15, -0.1) is 0 Å². The first-order chi connectivity index (χ1) is 16.3. The summed E-state index contributed by atoms with van der Waals surface area (Å²) < 4.78 is 11.9. The molecule has 6 rings (SSSR count). The maximum Gasteiger partial charge on any atom is 0.131 e. The van der Waals surface area contributed by atoms with E-state index in [9.17, 15) is 0 Å². The highest BCUT2D eigenvalue weighted by molar-refractivity contribution is 5.54. The van der Waals surface area contributed by atoms with Gasteiger partial charge in [-0.05, 0) is 37.1 Å². The number of ether oxygens (including phenoxy) is 2. The van der Waals surface area contributed by atoms with E-state index in [4.69, 9.17) is 9.47 Å². The van der Waals surface area contributed by atoms with Gasteiger partial charge in [0.15, 0.2) is 0 Å². The molecule has 33 heavy (non-hydrogen) atoms. The molecule has 0 amide bonds. The molecule has 2 nitrogen and oxygen atoms in total. The van der Waals surface area contributed by atoms with Crippen molar-refractivity contribution >= 4 is 0 Å². The molecular weight excluding hydrogens is 404 g/mol. The second kappa shape index (κ2) is 9.54. The van der Waals surface area contributed by atoms with Gasteiger partial charge in [-0.25, -0.2) is 0 Å². The molecule has 2 aliphatic heterocycles. The van der Waals surface area contributed by atoms with E-state index < -0.39 is 0 Å². The first-order valence-corrected chi connectivity index (χ1v) is 12.0. The van der Waals surface area contributed by atoms with Crippen LogP contribution in [0.1, 0.15) is 70.1 Å². The summed E-state index contributed by atoms with van der Waals surface area (Å²) in [5.74, 6) is 5.01. The van der Waals surface area contributed by atoms with E-state index >= 15 is 0 Å². The fourth-order valence-corrected chi connectivity index (χ4v) is 5.06. The Morgan fingerprint density at radius 2 is 0.848 bits per heavy atom. The minimum Gasteiger partial charge on any atom is -0.457 e. The summed E-state index contributed by atoms with van der Waals surface area (Å²) in [5.41, 5.74) is 5.27. The van der Waals surface area contributed by atoms with Crippen LogP contribution in [0.25, 0.3) is 0 Å². The second-order valence-corrected chi connectivity index (χ2v) is 8.66. The molecule has 0 unspecified atom stereocenters. The molecule has 0 atom stereocenters. The quantitative estimate of drug-likeness (QED) is 0.317. The Bertz CT molecular complexity index is 1160. The van der Waals surface area contributed by atoms with Crippen molar-refractivity contribution in [3.63, 3.8) is 0 Å². The molecule has 0 fully saturated rings. The third-order valence-electron chi connectivity index (χ3n) is 6.60. The van der Waals surface area contributed by atoms with Gasteiger partial charge in [0.1, 0.15) is 23.0 Å². The number of fused-ring (bicyclic) bond motifs is 4. The summed E-state index contributed by atoms with van der Waals surface area (Å²) in [5, 5.41) is 0. The third kappa shape index (κ3) is 4.14. The van der Waals surface area contributed by atoms with E-state index in [0.29, 0.717) is 11.8 Å². The summed E-state index contributed by atoms with van der Waals surface area (Å²) >= 11 is 0. The van der Waals surface area contributed by atoms with Crippen molar-refractivity contribution in [2.75, 3.05) is 0 Å². The Kier molecular flexibility index (Phi) is 6.17. The smallest absolute Gasteiger partial charge is 0.131 e. The average molecular weight is 439 g/mol. The van der Waals surface area contributed by atoms with Crippen molar-refractivity contribution in [3.8, 4) is 23.0 Å². The summed E-state index contributed by atoms with van der Waals surface area (Å²) in [7, 11) is 0. The van der Waals surface area contributed by atoms with Crippen molar-refractivity contribution in [1.29, 1.82) is 0 Å². The Hall–Kier alpha value is -3.52. The Labute approximate surface area is 199 Å². The molecule has 0 N–H and O–H groups in total. The van der Waals surface area contributed by atoms with Crippen LogP contribution in [0.3, 0.4) is 0 Å². The van der Waals surface area contributed by atoms with Crippen LogP contribution in [0.2, 0.25) is 0 Å². The Morgan fingerprint density at radius 3 is 1.18 bits per heavy atom. The lowest BCUT2D eigenvalue weighted by Gasteiger charge is -2.27. The highest BCUT2D eigenvalue weighted by Crippen LogP contribution is 2.46. The van der Waals surface area contributed by atoms with Crippen LogP contribution >= 0.6 is 0 Å². The molecule has 170 valence electrons. The van der Waals surface area contributed by atoms with Crippen molar-refractivity contribution in [2.24, 2.45) is 0 Å². The lowest BCUT2D eigenvalue weighted by Crippen LogP contribution is -2.09. The fourth-order valence-electron chi connectivity index (χ4n) is 5.06. The van der Waals surface area contributed by atoms with E-state index in [-0.39, 0.29) is 2.85 Å². The molecule has 0 saturated carbocycles. The van der Waals surface area contributed by atoms with Gasteiger partial charge in [0, 0.05) is 36.9 Å². The molecule has 0 radical (unpaired) electrons. The van der Waals surface area contributed by atoms with E-state index in [1.165, 1.54) is 35.1 Å². The summed E-state index contributed by atoms with van der Waals surface area (Å²) in [6.45, 7) is 4.46. The standard InChI is InChI=1S/C16H16O.C15H14O.2H2/c1-2-7-12-13-8-3-5-10-15(13)17-16-11-6-4-9-14(12)16;1-2-11-12-7-3-5-9-14(12)16-15-10-6-4-8-13(11)15;;/h3-6,8-12H,2,7H2,1H3;3-11H,2H2,1H3;2*1H.